The van der Waals surface area contributed by atoms with Crippen LogP contribution in [0.4, 0.5) is 5.69 Å². The van der Waals surface area contributed by atoms with Crippen molar-refractivity contribution in [1.82, 2.24) is 9.88 Å². The number of aliphatic hydroxyl groups is 1. The number of carboxylic acids is 1. The van der Waals surface area contributed by atoms with Crippen LogP contribution in [0.15, 0.2) is 17.3 Å². The molecule has 3 heterocycles. The van der Waals surface area contributed by atoms with Gasteiger partial charge in [-0.2, -0.15) is 0 Å². The van der Waals surface area contributed by atoms with Gasteiger partial charge in [-0.05, 0) is 32.0 Å². The van der Waals surface area contributed by atoms with E-state index < -0.39 is 12.1 Å². The number of aliphatic carboxylic acids is 1. The Kier molecular flexibility index (Phi) is 4.84. The third kappa shape index (κ3) is 3.82. The van der Waals surface area contributed by atoms with Crippen molar-refractivity contribution < 1.29 is 19.8 Å². The largest absolute Gasteiger partial charge is 0.481 e. The van der Waals surface area contributed by atoms with Crippen LogP contribution in [0.5, 0.6) is 0 Å². The first kappa shape index (κ1) is 16.2. The lowest BCUT2D eigenvalue weighted by Gasteiger charge is -2.31. The Morgan fingerprint density at radius 1 is 1.48 bits per heavy atom. The molecule has 0 bridgehead atoms. The molecule has 3 rings (SSSR count). The molecule has 7 nitrogen and oxygen atoms in total. The molecule has 1 atom stereocenters. The summed E-state index contributed by atoms with van der Waals surface area (Å²) in [7, 11) is 0. The quantitative estimate of drug-likeness (QED) is 0.752. The molecule has 0 aromatic carbocycles. The van der Waals surface area contributed by atoms with E-state index in [2.05, 4.69) is 15.2 Å². The fourth-order valence-corrected chi connectivity index (χ4v) is 3.62. The highest BCUT2D eigenvalue weighted by Gasteiger charge is 2.26. The van der Waals surface area contributed by atoms with E-state index in [1.807, 2.05) is 0 Å². The minimum Gasteiger partial charge on any atom is -0.481 e. The molecule has 0 aliphatic carbocycles. The van der Waals surface area contributed by atoms with Crippen molar-refractivity contribution in [2.75, 3.05) is 30.7 Å². The van der Waals surface area contributed by atoms with E-state index in [9.17, 15) is 14.7 Å². The van der Waals surface area contributed by atoms with Crippen LogP contribution < -0.4 is 5.32 Å². The van der Waals surface area contributed by atoms with Gasteiger partial charge >= 0.3 is 5.97 Å². The van der Waals surface area contributed by atoms with Gasteiger partial charge in [0.2, 0.25) is 5.91 Å². The van der Waals surface area contributed by atoms with Crippen molar-refractivity contribution in [3.63, 3.8) is 0 Å². The zero-order chi connectivity index (χ0) is 16.4. The number of hydrogen-bond acceptors (Lipinski definition) is 6. The summed E-state index contributed by atoms with van der Waals surface area (Å²) in [5.74, 6) is -0.717. The Hall–Kier alpha value is -1.64. The Bertz CT molecular complexity index is 617. The number of fused-ring (bicyclic) bond motifs is 1. The van der Waals surface area contributed by atoms with Crippen LogP contribution in [-0.2, 0) is 9.59 Å². The van der Waals surface area contributed by atoms with Gasteiger partial charge in [0.25, 0.3) is 0 Å². The lowest BCUT2D eigenvalue weighted by atomic mass is 9.96. The first-order chi connectivity index (χ1) is 11.0. The number of pyridine rings is 1. The fourth-order valence-electron chi connectivity index (χ4n) is 2.89. The van der Waals surface area contributed by atoms with Gasteiger partial charge in [0.1, 0.15) is 5.03 Å². The van der Waals surface area contributed by atoms with Crippen LogP contribution in [-0.4, -0.2) is 57.4 Å². The van der Waals surface area contributed by atoms with Crippen LogP contribution in [0, 0.1) is 5.92 Å². The van der Waals surface area contributed by atoms with Crippen LogP contribution in [0.25, 0.3) is 0 Å². The highest BCUT2D eigenvalue weighted by Crippen LogP contribution is 2.31. The molecule has 1 aromatic heterocycles. The SMILES string of the molecule is O=C1CSc2ncc(C(O)CN3CCC(C(=O)O)CC3)cc2N1. The normalized spacial score (nSPS) is 20.7. The van der Waals surface area contributed by atoms with Gasteiger partial charge in [-0.1, -0.05) is 11.8 Å². The average Bonchev–Trinajstić information content (AvgIpc) is 2.54. The number of carboxylic acid groups (broad SMARTS) is 1. The average molecular weight is 337 g/mol. The molecule has 3 N–H and O–H groups in total. The van der Waals surface area contributed by atoms with Gasteiger partial charge < -0.3 is 20.4 Å². The maximum atomic E-state index is 11.4. The third-order valence-electron chi connectivity index (χ3n) is 4.24. The topological polar surface area (TPSA) is 103 Å². The first-order valence-corrected chi connectivity index (χ1v) is 8.57. The number of aromatic nitrogens is 1. The number of hydrogen-bond donors (Lipinski definition) is 3. The predicted octanol–water partition coefficient (Wildman–Crippen LogP) is 0.956. The van der Waals surface area contributed by atoms with E-state index in [0.717, 1.165) is 5.03 Å². The Morgan fingerprint density at radius 2 is 2.22 bits per heavy atom. The van der Waals surface area contributed by atoms with Crippen molar-refractivity contribution in [3.05, 3.63) is 17.8 Å². The molecule has 1 aromatic rings. The number of rotatable bonds is 4. The van der Waals surface area contributed by atoms with E-state index in [0.29, 0.717) is 49.5 Å². The first-order valence-electron chi connectivity index (χ1n) is 7.59. The second-order valence-electron chi connectivity index (χ2n) is 5.89. The number of aliphatic hydroxyl groups excluding tert-OH is 1. The van der Waals surface area contributed by atoms with Crippen LogP contribution in [0.3, 0.4) is 0 Å². The number of carbonyl (C=O) groups excluding carboxylic acids is 1. The second-order valence-corrected chi connectivity index (χ2v) is 6.85. The van der Waals surface area contributed by atoms with Crippen molar-refractivity contribution >= 4 is 29.3 Å². The number of anilines is 1. The minimum absolute atomic E-state index is 0.0633. The van der Waals surface area contributed by atoms with Crippen molar-refractivity contribution in [2.45, 2.75) is 24.0 Å². The van der Waals surface area contributed by atoms with Crippen molar-refractivity contribution in [2.24, 2.45) is 5.92 Å². The summed E-state index contributed by atoms with van der Waals surface area (Å²) >= 11 is 1.39. The van der Waals surface area contributed by atoms with E-state index in [1.165, 1.54) is 11.8 Å². The van der Waals surface area contributed by atoms with E-state index in [4.69, 9.17) is 5.11 Å². The highest BCUT2D eigenvalue weighted by molar-refractivity contribution is 8.00. The van der Waals surface area contributed by atoms with Gasteiger partial charge in [0.05, 0.1) is 23.5 Å². The fraction of sp³-hybridized carbons (Fsp3) is 0.533. The molecule has 1 fully saturated rings. The summed E-state index contributed by atoms with van der Waals surface area (Å²) in [6, 6.07) is 1.76. The maximum Gasteiger partial charge on any atom is 0.306 e. The molecule has 2 aliphatic heterocycles. The summed E-state index contributed by atoms with van der Waals surface area (Å²) in [4.78, 5) is 28.7. The van der Waals surface area contributed by atoms with Gasteiger partial charge in [0.15, 0.2) is 0 Å². The number of likely N-dealkylation sites (tertiary alicyclic amines) is 1. The highest BCUT2D eigenvalue weighted by atomic mass is 32.2. The zero-order valence-corrected chi connectivity index (χ0v) is 13.4. The molecule has 8 heteroatoms. The number of piperidine rings is 1. The minimum atomic E-state index is -0.739. The Balaban J connectivity index is 1.61. The predicted molar refractivity (Wildman–Crippen MR) is 85.4 cm³/mol. The van der Waals surface area contributed by atoms with E-state index in [-0.39, 0.29) is 11.8 Å². The van der Waals surface area contributed by atoms with Gasteiger partial charge in [-0.15, -0.1) is 0 Å². The molecule has 1 amide bonds. The Morgan fingerprint density at radius 3 is 2.91 bits per heavy atom. The summed E-state index contributed by atoms with van der Waals surface area (Å²) in [6.07, 6.45) is 2.14. The zero-order valence-electron chi connectivity index (χ0n) is 12.6. The molecular weight excluding hydrogens is 318 g/mol. The van der Waals surface area contributed by atoms with Crippen molar-refractivity contribution in [3.8, 4) is 0 Å². The van der Waals surface area contributed by atoms with E-state index in [1.54, 1.807) is 12.3 Å². The number of nitrogens with zero attached hydrogens (tertiary/aromatic N) is 2. The van der Waals surface area contributed by atoms with Crippen molar-refractivity contribution in [1.29, 1.82) is 0 Å². The monoisotopic (exact) mass is 337 g/mol. The smallest absolute Gasteiger partial charge is 0.306 e. The standard InChI is InChI=1S/C15H19N3O4S/c19-12(7-18-3-1-9(2-4-18)15(21)22)10-5-11-14(16-6-10)23-8-13(20)17-11/h5-6,9,12,19H,1-4,7-8H2,(H,17,20)(H,21,22). The van der Waals surface area contributed by atoms with Crippen LogP contribution >= 0.6 is 11.8 Å². The second kappa shape index (κ2) is 6.86. The lowest BCUT2D eigenvalue weighted by Crippen LogP contribution is -2.38. The van der Waals surface area contributed by atoms with Gasteiger partial charge in [-0.3, -0.25) is 9.59 Å². The molecule has 2 aliphatic rings. The van der Waals surface area contributed by atoms with Crippen LogP contribution in [0.2, 0.25) is 0 Å². The molecule has 0 saturated carbocycles. The van der Waals surface area contributed by atoms with Crippen LogP contribution in [0.1, 0.15) is 24.5 Å². The number of nitrogens with one attached hydrogen (secondary N) is 1. The third-order valence-corrected chi connectivity index (χ3v) is 5.24. The summed E-state index contributed by atoms with van der Waals surface area (Å²) in [5.41, 5.74) is 1.30. The van der Waals surface area contributed by atoms with E-state index >= 15 is 0 Å². The molecule has 0 spiro atoms. The molecule has 1 unspecified atom stereocenters. The molecule has 0 radical (unpaired) electrons. The number of amides is 1. The molecular formula is C15H19N3O4S. The Labute approximate surface area is 138 Å². The lowest BCUT2D eigenvalue weighted by molar-refractivity contribution is -0.143. The maximum absolute atomic E-state index is 11.4. The number of thioether (sulfide) groups is 1. The molecule has 23 heavy (non-hydrogen) atoms. The molecule has 124 valence electrons. The van der Waals surface area contributed by atoms with Gasteiger partial charge in [0, 0.05) is 18.3 Å². The number of carbonyl (C=O) groups is 2. The molecule has 1 saturated heterocycles. The summed E-state index contributed by atoms with van der Waals surface area (Å²) < 4.78 is 0. The van der Waals surface area contributed by atoms with Gasteiger partial charge in [-0.25, -0.2) is 4.98 Å². The number of β-amino-alcohol motifs (C(OH)–C–C–N with tert-alkyl or cyclic N) is 1. The summed E-state index contributed by atoms with van der Waals surface area (Å²) in [5, 5.41) is 22.9. The summed E-state index contributed by atoms with van der Waals surface area (Å²) in [6.45, 7) is 1.77.